The summed E-state index contributed by atoms with van der Waals surface area (Å²) < 4.78 is 7.15. The predicted octanol–water partition coefficient (Wildman–Crippen LogP) is 2.30. The molecule has 2 aromatic rings. The second-order valence-electron chi connectivity index (χ2n) is 7.15. The molecule has 0 atom stereocenters. The number of nitrogens with one attached hydrogen (secondary N) is 1. The highest BCUT2D eigenvalue weighted by atomic mass is 16.5. The normalized spacial score (nSPS) is 12.3. The van der Waals surface area contributed by atoms with Crippen LogP contribution in [0, 0.1) is 0 Å². The number of aliphatic imine (C=N–C) groups is 1. The zero-order valence-electron chi connectivity index (χ0n) is 16.9. The SMILES string of the molecule is CN=C(NCCc1nc(C(C)C)no1)N(C)Cc1cn(C)nc1C(C)C. The average Bonchev–Trinajstić information content (AvgIpc) is 3.18. The Hall–Kier alpha value is -2.38. The Kier molecular flexibility index (Phi) is 6.76. The van der Waals surface area contributed by atoms with Crippen molar-refractivity contribution in [1.82, 2.24) is 30.1 Å². The van der Waals surface area contributed by atoms with Crippen LogP contribution in [0.2, 0.25) is 0 Å². The van der Waals surface area contributed by atoms with E-state index < -0.39 is 0 Å². The molecule has 0 saturated heterocycles. The van der Waals surface area contributed by atoms with Crippen LogP contribution in [0.4, 0.5) is 0 Å². The third kappa shape index (κ3) is 5.06. The number of guanidine groups is 1. The van der Waals surface area contributed by atoms with E-state index >= 15 is 0 Å². The summed E-state index contributed by atoms with van der Waals surface area (Å²) in [4.78, 5) is 10.9. The van der Waals surface area contributed by atoms with E-state index in [0.29, 0.717) is 24.8 Å². The molecule has 2 rings (SSSR count). The monoisotopic (exact) mass is 361 g/mol. The third-order valence-corrected chi connectivity index (χ3v) is 4.09. The van der Waals surface area contributed by atoms with Crippen LogP contribution < -0.4 is 5.32 Å². The molecule has 0 fully saturated rings. The lowest BCUT2D eigenvalue weighted by atomic mass is 10.1. The van der Waals surface area contributed by atoms with Crippen molar-refractivity contribution in [1.29, 1.82) is 0 Å². The Bertz CT molecular complexity index is 730. The maximum atomic E-state index is 5.28. The summed E-state index contributed by atoms with van der Waals surface area (Å²) in [6.07, 6.45) is 2.74. The quantitative estimate of drug-likeness (QED) is 0.602. The molecule has 0 aliphatic carbocycles. The van der Waals surface area contributed by atoms with Gasteiger partial charge in [0.25, 0.3) is 0 Å². The van der Waals surface area contributed by atoms with Crippen LogP contribution in [0.15, 0.2) is 15.7 Å². The molecule has 8 heteroatoms. The molecule has 2 aromatic heterocycles. The molecular formula is C18H31N7O. The molecule has 1 N–H and O–H groups in total. The van der Waals surface area contributed by atoms with Gasteiger partial charge in [-0.2, -0.15) is 10.1 Å². The van der Waals surface area contributed by atoms with Gasteiger partial charge in [-0.1, -0.05) is 32.9 Å². The Labute approximate surface area is 155 Å². The van der Waals surface area contributed by atoms with Gasteiger partial charge in [0.1, 0.15) is 0 Å². The first-order chi connectivity index (χ1) is 12.3. The molecule has 0 aliphatic heterocycles. The molecular weight excluding hydrogens is 330 g/mol. The van der Waals surface area contributed by atoms with Crippen LogP contribution in [-0.4, -0.2) is 51.4 Å². The van der Waals surface area contributed by atoms with Crippen molar-refractivity contribution in [2.24, 2.45) is 12.0 Å². The minimum absolute atomic E-state index is 0.272. The summed E-state index contributed by atoms with van der Waals surface area (Å²) >= 11 is 0. The van der Waals surface area contributed by atoms with E-state index in [1.807, 2.05) is 32.6 Å². The van der Waals surface area contributed by atoms with Crippen LogP contribution in [0.5, 0.6) is 0 Å². The molecule has 0 aliphatic rings. The standard InChI is InChI=1S/C18H31N7O/c1-12(2)16-14(11-25(7)22-16)10-24(6)18(19-5)20-9-8-15-21-17(13(3)4)23-26-15/h11-13H,8-10H2,1-7H3,(H,19,20). The highest BCUT2D eigenvalue weighted by Gasteiger charge is 2.15. The fourth-order valence-corrected chi connectivity index (χ4v) is 2.76. The Balaban J connectivity index is 1.91. The highest BCUT2D eigenvalue weighted by molar-refractivity contribution is 5.79. The fourth-order valence-electron chi connectivity index (χ4n) is 2.76. The third-order valence-electron chi connectivity index (χ3n) is 4.09. The first-order valence-electron chi connectivity index (χ1n) is 9.08. The lowest BCUT2D eigenvalue weighted by Gasteiger charge is -2.22. The van der Waals surface area contributed by atoms with E-state index in [9.17, 15) is 0 Å². The predicted molar refractivity (Wildman–Crippen MR) is 102 cm³/mol. The maximum Gasteiger partial charge on any atom is 0.228 e. The summed E-state index contributed by atoms with van der Waals surface area (Å²) in [7, 11) is 5.77. The molecule has 0 spiro atoms. The molecule has 2 heterocycles. The smallest absolute Gasteiger partial charge is 0.228 e. The molecule has 0 radical (unpaired) electrons. The number of hydrogen-bond donors (Lipinski definition) is 1. The van der Waals surface area contributed by atoms with Crippen molar-refractivity contribution in [2.75, 3.05) is 20.6 Å². The number of aromatic nitrogens is 4. The molecule has 0 aromatic carbocycles. The van der Waals surface area contributed by atoms with Gasteiger partial charge in [-0.3, -0.25) is 9.67 Å². The van der Waals surface area contributed by atoms with E-state index in [0.717, 1.165) is 24.0 Å². The lowest BCUT2D eigenvalue weighted by Crippen LogP contribution is -2.39. The number of rotatable bonds is 7. The number of hydrogen-bond acceptors (Lipinski definition) is 5. The van der Waals surface area contributed by atoms with Gasteiger partial charge in [-0.25, -0.2) is 0 Å². The molecule has 0 amide bonds. The van der Waals surface area contributed by atoms with E-state index in [4.69, 9.17) is 4.52 Å². The van der Waals surface area contributed by atoms with Crippen LogP contribution in [0.3, 0.4) is 0 Å². The molecule has 0 saturated carbocycles. The van der Waals surface area contributed by atoms with Gasteiger partial charge < -0.3 is 14.7 Å². The van der Waals surface area contributed by atoms with Crippen molar-refractivity contribution in [2.45, 2.75) is 52.5 Å². The minimum Gasteiger partial charge on any atom is -0.356 e. The summed E-state index contributed by atoms with van der Waals surface area (Å²) in [5.74, 6) is 2.89. The molecule has 0 unspecified atom stereocenters. The van der Waals surface area contributed by atoms with Gasteiger partial charge in [0.15, 0.2) is 11.8 Å². The molecule has 26 heavy (non-hydrogen) atoms. The van der Waals surface area contributed by atoms with Gasteiger partial charge in [0.05, 0.1) is 5.69 Å². The largest absolute Gasteiger partial charge is 0.356 e. The zero-order valence-corrected chi connectivity index (χ0v) is 16.9. The second kappa shape index (κ2) is 8.82. The lowest BCUT2D eigenvalue weighted by molar-refractivity contribution is 0.370. The Morgan fingerprint density at radius 2 is 2.04 bits per heavy atom. The van der Waals surface area contributed by atoms with Gasteiger partial charge >= 0.3 is 0 Å². The first-order valence-corrected chi connectivity index (χ1v) is 9.08. The summed E-state index contributed by atoms with van der Waals surface area (Å²) in [6, 6.07) is 0. The van der Waals surface area contributed by atoms with E-state index in [2.05, 4.69) is 50.5 Å². The topological polar surface area (TPSA) is 84.4 Å². The molecule has 144 valence electrons. The van der Waals surface area contributed by atoms with E-state index in [1.165, 1.54) is 5.56 Å². The maximum absolute atomic E-state index is 5.28. The van der Waals surface area contributed by atoms with Gasteiger partial charge in [0.2, 0.25) is 5.89 Å². The van der Waals surface area contributed by atoms with Gasteiger partial charge in [-0.05, 0) is 5.92 Å². The second-order valence-corrected chi connectivity index (χ2v) is 7.15. The van der Waals surface area contributed by atoms with Crippen LogP contribution >= 0.6 is 0 Å². The van der Waals surface area contributed by atoms with Crippen LogP contribution in [0.25, 0.3) is 0 Å². The first kappa shape index (κ1) is 19.9. The van der Waals surface area contributed by atoms with Gasteiger partial charge in [0, 0.05) is 58.3 Å². The molecule has 8 nitrogen and oxygen atoms in total. The summed E-state index contributed by atoms with van der Waals surface area (Å²) in [5, 5.41) is 11.9. The van der Waals surface area contributed by atoms with Crippen LogP contribution in [0.1, 0.15) is 62.5 Å². The van der Waals surface area contributed by atoms with Crippen molar-refractivity contribution >= 4 is 5.96 Å². The Morgan fingerprint density at radius 1 is 1.31 bits per heavy atom. The fraction of sp³-hybridized carbons (Fsp3) is 0.667. The summed E-state index contributed by atoms with van der Waals surface area (Å²) in [6.45, 7) is 9.85. The Morgan fingerprint density at radius 3 is 2.62 bits per heavy atom. The van der Waals surface area contributed by atoms with Crippen molar-refractivity contribution in [3.05, 3.63) is 29.2 Å². The van der Waals surface area contributed by atoms with Crippen LogP contribution in [-0.2, 0) is 20.0 Å². The number of aryl methyl sites for hydroxylation is 1. The summed E-state index contributed by atoms with van der Waals surface area (Å²) in [5.41, 5.74) is 2.34. The van der Waals surface area contributed by atoms with Crippen molar-refractivity contribution < 1.29 is 4.52 Å². The van der Waals surface area contributed by atoms with E-state index in [1.54, 1.807) is 7.05 Å². The minimum atomic E-state index is 0.272. The number of nitrogens with zero attached hydrogens (tertiary/aromatic N) is 6. The average molecular weight is 361 g/mol. The zero-order chi connectivity index (χ0) is 19.3. The van der Waals surface area contributed by atoms with Crippen molar-refractivity contribution in [3.8, 4) is 0 Å². The van der Waals surface area contributed by atoms with Crippen molar-refractivity contribution in [3.63, 3.8) is 0 Å². The van der Waals surface area contributed by atoms with Gasteiger partial charge in [-0.15, -0.1) is 0 Å². The van der Waals surface area contributed by atoms with E-state index in [-0.39, 0.29) is 5.92 Å². The molecule has 0 bridgehead atoms. The highest BCUT2D eigenvalue weighted by Crippen LogP contribution is 2.18.